The Kier molecular flexibility index (Phi) is 2.11. The first kappa shape index (κ1) is 7.75. The molecule has 4 N–H and O–H groups in total. The van der Waals surface area contributed by atoms with Crippen LogP contribution in [0.5, 0.6) is 5.75 Å². The first-order valence-corrected chi connectivity index (χ1v) is 5.17. The second kappa shape index (κ2) is 2.72. The van der Waals surface area contributed by atoms with Crippen LogP contribution in [0.4, 0.5) is 0 Å². The third-order valence-electron chi connectivity index (χ3n) is 0.743. The maximum atomic E-state index is 10.6. The van der Waals surface area contributed by atoms with Crippen molar-refractivity contribution in [1.82, 2.24) is 0 Å². The molecule has 0 bridgehead atoms. The molecule has 0 aliphatic rings. The average molecular weight is 178 g/mol. The predicted molar refractivity (Wildman–Crippen MR) is 40.9 cm³/mol. The summed E-state index contributed by atoms with van der Waals surface area (Å²) in [6, 6.07) is 1.65. The van der Waals surface area contributed by atoms with E-state index in [1.807, 2.05) is 0 Å². The maximum Gasteiger partial charge on any atom is 0.385 e. The molecule has 0 spiro atoms. The van der Waals surface area contributed by atoms with Gasteiger partial charge >= 0.3 is 7.67 Å². The third kappa shape index (κ3) is 2.49. The van der Waals surface area contributed by atoms with E-state index in [4.69, 9.17) is 11.0 Å². The van der Waals surface area contributed by atoms with Gasteiger partial charge in [0.1, 0.15) is 5.75 Å². The van der Waals surface area contributed by atoms with Crippen LogP contribution in [0.2, 0.25) is 0 Å². The fraction of sp³-hybridized carbons (Fsp3) is 0. The normalized spacial score (nSPS) is 11.4. The van der Waals surface area contributed by atoms with Crippen molar-refractivity contribution in [3.05, 3.63) is 16.8 Å². The zero-order valence-corrected chi connectivity index (χ0v) is 6.77. The molecule has 0 saturated heterocycles. The van der Waals surface area contributed by atoms with Crippen LogP contribution in [0, 0.1) is 0 Å². The topological polar surface area (TPSA) is 78.3 Å². The number of hydrogen-bond donors (Lipinski definition) is 2. The van der Waals surface area contributed by atoms with Crippen molar-refractivity contribution in [3.8, 4) is 5.75 Å². The molecule has 0 amide bonds. The molecule has 0 aliphatic heterocycles. The molecule has 1 heterocycles. The van der Waals surface area contributed by atoms with Gasteiger partial charge in [-0.15, -0.1) is 11.3 Å². The van der Waals surface area contributed by atoms with Gasteiger partial charge in [-0.3, -0.25) is 0 Å². The highest BCUT2D eigenvalue weighted by atomic mass is 32.1. The molecule has 0 aromatic carbocycles. The average Bonchev–Trinajstić information content (AvgIpc) is 2.12. The van der Waals surface area contributed by atoms with E-state index in [9.17, 15) is 4.57 Å². The minimum atomic E-state index is -3.35. The molecule has 4 nitrogen and oxygen atoms in total. The fourth-order valence-electron chi connectivity index (χ4n) is 0.469. The highest BCUT2D eigenvalue weighted by Crippen LogP contribution is 2.31. The Balaban J connectivity index is 2.66. The lowest BCUT2D eigenvalue weighted by Crippen LogP contribution is -2.10. The van der Waals surface area contributed by atoms with Crippen LogP contribution in [0.3, 0.4) is 0 Å². The number of rotatable bonds is 2. The van der Waals surface area contributed by atoms with Gasteiger partial charge in [0.2, 0.25) is 0 Å². The maximum absolute atomic E-state index is 10.6. The molecule has 0 radical (unpaired) electrons. The smallest absolute Gasteiger partial charge is 0.385 e. The SMILES string of the molecule is NP(N)(=O)Oc1ccsc1. The first-order chi connectivity index (χ1) is 4.58. The van der Waals surface area contributed by atoms with E-state index < -0.39 is 7.67 Å². The van der Waals surface area contributed by atoms with E-state index in [1.165, 1.54) is 11.3 Å². The molecule has 0 aliphatic carbocycles. The van der Waals surface area contributed by atoms with Crippen LogP contribution in [-0.4, -0.2) is 0 Å². The van der Waals surface area contributed by atoms with Crippen LogP contribution < -0.4 is 15.5 Å². The third-order valence-corrected chi connectivity index (χ3v) is 1.90. The number of nitrogens with two attached hydrogens (primary N) is 2. The summed E-state index contributed by atoms with van der Waals surface area (Å²) in [5.74, 6) is 0.457. The van der Waals surface area contributed by atoms with E-state index in [2.05, 4.69) is 4.52 Å². The highest BCUT2D eigenvalue weighted by molar-refractivity contribution is 7.54. The highest BCUT2D eigenvalue weighted by Gasteiger charge is 2.09. The van der Waals surface area contributed by atoms with Gasteiger partial charge in [0, 0.05) is 5.38 Å². The van der Waals surface area contributed by atoms with Crippen molar-refractivity contribution < 1.29 is 9.09 Å². The van der Waals surface area contributed by atoms with E-state index in [-0.39, 0.29) is 0 Å². The van der Waals surface area contributed by atoms with Gasteiger partial charge < -0.3 is 4.52 Å². The van der Waals surface area contributed by atoms with Crippen molar-refractivity contribution in [1.29, 1.82) is 0 Å². The summed E-state index contributed by atoms with van der Waals surface area (Å²) in [5.41, 5.74) is 9.88. The summed E-state index contributed by atoms with van der Waals surface area (Å²) in [7, 11) is -3.35. The molecule has 0 unspecified atom stereocenters. The Morgan fingerprint density at radius 1 is 1.60 bits per heavy atom. The van der Waals surface area contributed by atoms with Crippen molar-refractivity contribution in [2.75, 3.05) is 0 Å². The minimum Gasteiger partial charge on any atom is -0.421 e. The van der Waals surface area contributed by atoms with Crippen LogP contribution >= 0.6 is 19.0 Å². The minimum absolute atomic E-state index is 0.457. The second-order valence-electron chi connectivity index (χ2n) is 1.70. The summed E-state index contributed by atoms with van der Waals surface area (Å²) >= 11 is 1.42. The molecule has 0 fully saturated rings. The van der Waals surface area contributed by atoms with Crippen molar-refractivity contribution in [2.45, 2.75) is 0 Å². The molecule has 1 rings (SSSR count). The lowest BCUT2D eigenvalue weighted by molar-refractivity contribution is 0.485. The van der Waals surface area contributed by atoms with Gasteiger partial charge in [-0.1, -0.05) is 0 Å². The Morgan fingerprint density at radius 2 is 2.30 bits per heavy atom. The molecule has 0 atom stereocenters. The summed E-state index contributed by atoms with van der Waals surface area (Å²) < 4.78 is 15.3. The van der Waals surface area contributed by atoms with Gasteiger partial charge in [-0.2, -0.15) is 0 Å². The predicted octanol–water partition coefficient (Wildman–Crippen LogP) is 1.15. The number of hydrogen-bond acceptors (Lipinski definition) is 3. The Hall–Kier alpha value is -0.350. The number of thiophene rings is 1. The molecule has 1 aromatic rings. The Bertz CT molecular complexity index is 242. The first-order valence-electron chi connectivity index (χ1n) is 2.47. The van der Waals surface area contributed by atoms with Crippen LogP contribution in [0.25, 0.3) is 0 Å². The monoisotopic (exact) mass is 178 g/mol. The molecular formula is C4H7N2O2PS. The van der Waals surface area contributed by atoms with Crippen molar-refractivity contribution in [3.63, 3.8) is 0 Å². The Morgan fingerprint density at radius 3 is 2.70 bits per heavy atom. The molecular weight excluding hydrogens is 171 g/mol. The quantitative estimate of drug-likeness (QED) is 0.666. The summed E-state index contributed by atoms with van der Waals surface area (Å²) in [6.07, 6.45) is 0. The standard InChI is InChI=1S/C4H7N2O2PS/c5-9(6,7)8-4-1-2-10-3-4/h1-3H,(H4,5,6,7). The Labute approximate surface area is 62.4 Å². The van der Waals surface area contributed by atoms with E-state index in [0.29, 0.717) is 5.75 Å². The molecule has 0 saturated carbocycles. The van der Waals surface area contributed by atoms with Gasteiger partial charge in [-0.25, -0.2) is 15.6 Å². The molecule has 10 heavy (non-hydrogen) atoms. The summed E-state index contributed by atoms with van der Waals surface area (Å²) in [5, 5.41) is 3.46. The second-order valence-corrected chi connectivity index (χ2v) is 3.95. The van der Waals surface area contributed by atoms with Crippen LogP contribution in [0.1, 0.15) is 0 Å². The lowest BCUT2D eigenvalue weighted by Gasteiger charge is -2.05. The van der Waals surface area contributed by atoms with Gasteiger partial charge in [-0.05, 0) is 11.4 Å². The van der Waals surface area contributed by atoms with E-state index >= 15 is 0 Å². The summed E-state index contributed by atoms with van der Waals surface area (Å²) in [4.78, 5) is 0. The van der Waals surface area contributed by atoms with Gasteiger partial charge in [0.05, 0.1) is 0 Å². The lowest BCUT2D eigenvalue weighted by atomic mass is 10.6. The van der Waals surface area contributed by atoms with E-state index in [0.717, 1.165) is 0 Å². The van der Waals surface area contributed by atoms with Crippen molar-refractivity contribution in [2.24, 2.45) is 11.0 Å². The zero-order chi connectivity index (χ0) is 7.61. The molecule has 56 valence electrons. The van der Waals surface area contributed by atoms with Gasteiger partial charge in [0.15, 0.2) is 0 Å². The molecule has 1 aromatic heterocycles. The fourth-order valence-corrected chi connectivity index (χ4v) is 1.54. The van der Waals surface area contributed by atoms with Crippen LogP contribution in [-0.2, 0) is 4.57 Å². The zero-order valence-electron chi connectivity index (χ0n) is 5.06. The van der Waals surface area contributed by atoms with Crippen molar-refractivity contribution >= 4 is 19.0 Å². The molecule has 6 heteroatoms. The largest absolute Gasteiger partial charge is 0.421 e. The van der Waals surface area contributed by atoms with Crippen LogP contribution in [0.15, 0.2) is 16.8 Å². The van der Waals surface area contributed by atoms with Gasteiger partial charge in [0.25, 0.3) is 0 Å². The van der Waals surface area contributed by atoms with E-state index in [1.54, 1.807) is 16.8 Å². The summed E-state index contributed by atoms with van der Waals surface area (Å²) in [6.45, 7) is 0.